The molecule has 5 nitrogen and oxygen atoms in total. The van der Waals surface area contributed by atoms with Gasteiger partial charge in [-0.3, -0.25) is 9.78 Å². The standard InChI is InChI=1S/C15H18N4OS/c1-10-6-13(21-9-10)15(20)19-5-3-4-12(19)11-7-17-8-14(16-2)18-11/h6-9,12H,3-5H2,1-2H3,(H,16,18)/t12-/m1/s1. The number of anilines is 1. The molecule has 1 aliphatic rings. The van der Waals surface area contributed by atoms with Crippen LogP contribution in [-0.4, -0.2) is 34.4 Å². The minimum absolute atomic E-state index is 0.0284. The Labute approximate surface area is 128 Å². The van der Waals surface area contributed by atoms with E-state index >= 15 is 0 Å². The molecule has 2 aromatic rings. The van der Waals surface area contributed by atoms with E-state index < -0.39 is 0 Å². The first-order valence-corrected chi connectivity index (χ1v) is 7.93. The van der Waals surface area contributed by atoms with Gasteiger partial charge in [-0.1, -0.05) is 0 Å². The van der Waals surface area contributed by atoms with E-state index in [1.807, 2.05) is 30.3 Å². The average molecular weight is 302 g/mol. The highest BCUT2D eigenvalue weighted by Gasteiger charge is 2.32. The number of hydrogen-bond donors (Lipinski definition) is 1. The molecule has 110 valence electrons. The Morgan fingerprint density at radius 3 is 3.05 bits per heavy atom. The lowest BCUT2D eigenvalue weighted by Gasteiger charge is -2.23. The summed E-state index contributed by atoms with van der Waals surface area (Å²) in [6.07, 6.45) is 5.40. The molecule has 0 bridgehead atoms. The zero-order valence-electron chi connectivity index (χ0n) is 12.2. The van der Waals surface area contributed by atoms with Crippen molar-refractivity contribution in [3.63, 3.8) is 0 Å². The lowest BCUT2D eigenvalue weighted by molar-refractivity contribution is 0.0737. The maximum atomic E-state index is 12.7. The van der Waals surface area contributed by atoms with E-state index in [1.54, 1.807) is 12.4 Å². The third-order valence-corrected chi connectivity index (χ3v) is 4.74. The molecule has 1 amide bonds. The predicted molar refractivity (Wildman–Crippen MR) is 83.6 cm³/mol. The molecular weight excluding hydrogens is 284 g/mol. The molecule has 0 radical (unpaired) electrons. The highest BCUT2D eigenvalue weighted by molar-refractivity contribution is 7.12. The highest BCUT2D eigenvalue weighted by Crippen LogP contribution is 2.33. The van der Waals surface area contributed by atoms with Gasteiger partial charge in [0.25, 0.3) is 5.91 Å². The SMILES string of the molecule is CNc1cncc([C@H]2CCCN2C(=O)c2cc(C)cs2)n1. The normalized spacial score (nSPS) is 18.0. The third-order valence-electron chi connectivity index (χ3n) is 3.71. The summed E-state index contributed by atoms with van der Waals surface area (Å²) < 4.78 is 0. The molecule has 21 heavy (non-hydrogen) atoms. The Hall–Kier alpha value is -1.95. The maximum absolute atomic E-state index is 12.7. The summed E-state index contributed by atoms with van der Waals surface area (Å²) in [4.78, 5) is 24.2. The second-order valence-corrected chi connectivity index (χ2v) is 6.14. The van der Waals surface area contributed by atoms with Crippen molar-refractivity contribution in [1.29, 1.82) is 0 Å². The van der Waals surface area contributed by atoms with Crippen molar-refractivity contribution in [3.8, 4) is 0 Å². The van der Waals surface area contributed by atoms with Crippen molar-refractivity contribution in [2.24, 2.45) is 0 Å². The quantitative estimate of drug-likeness (QED) is 0.947. The number of nitrogens with one attached hydrogen (secondary N) is 1. The van der Waals surface area contributed by atoms with Gasteiger partial charge in [-0.2, -0.15) is 0 Å². The molecule has 1 fully saturated rings. The molecule has 0 spiro atoms. The maximum Gasteiger partial charge on any atom is 0.264 e. The molecule has 0 aromatic carbocycles. The first-order chi connectivity index (χ1) is 10.2. The monoisotopic (exact) mass is 302 g/mol. The van der Waals surface area contributed by atoms with Crippen molar-refractivity contribution in [2.75, 3.05) is 18.9 Å². The van der Waals surface area contributed by atoms with Crippen LogP contribution in [0.5, 0.6) is 0 Å². The Kier molecular flexibility index (Phi) is 3.88. The number of aryl methyl sites for hydroxylation is 1. The van der Waals surface area contributed by atoms with E-state index in [0.29, 0.717) is 0 Å². The molecule has 1 N–H and O–H groups in total. The summed E-state index contributed by atoms with van der Waals surface area (Å²) in [6, 6.07) is 1.98. The van der Waals surface area contributed by atoms with E-state index in [-0.39, 0.29) is 11.9 Å². The number of nitrogens with zero attached hydrogens (tertiary/aromatic N) is 3. The summed E-state index contributed by atoms with van der Waals surface area (Å²) in [7, 11) is 1.82. The lowest BCUT2D eigenvalue weighted by Crippen LogP contribution is -2.30. The van der Waals surface area contributed by atoms with Gasteiger partial charge in [-0.25, -0.2) is 4.98 Å². The van der Waals surface area contributed by atoms with Crippen molar-refractivity contribution < 1.29 is 4.79 Å². The smallest absolute Gasteiger partial charge is 0.264 e. The van der Waals surface area contributed by atoms with E-state index in [0.717, 1.165) is 41.3 Å². The second kappa shape index (κ2) is 5.81. The zero-order valence-corrected chi connectivity index (χ0v) is 13.0. The van der Waals surface area contributed by atoms with Crippen molar-refractivity contribution in [2.45, 2.75) is 25.8 Å². The summed E-state index contributed by atoms with van der Waals surface area (Å²) in [6.45, 7) is 2.79. The molecule has 0 aliphatic carbocycles. The van der Waals surface area contributed by atoms with Crippen molar-refractivity contribution in [3.05, 3.63) is 40.0 Å². The molecular formula is C15H18N4OS. The summed E-state index contributed by atoms with van der Waals surface area (Å²) in [5, 5.41) is 5.01. The Morgan fingerprint density at radius 1 is 1.48 bits per heavy atom. The molecule has 0 saturated carbocycles. The van der Waals surface area contributed by atoms with Crippen molar-refractivity contribution >= 4 is 23.1 Å². The fourth-order valence-corrected chi connectivity index (χ4v) is 3.52. The molecule has 1 atom stereocenters. The largest absolute Gasteiger partial charge is 0.372 e. The predicted octanol–water partition coefficient (Wildman–Crippen LogP) is 2.87. The van der Waals surface area contributed by atoms with Crippen LogP contribution in [0.2, 0.25) is 0 Å². The fraction of sp³-hybridized carbons (Fsp3) is 0.400. The van der Waals surface area contributed by atoms with Crippen LogP contribution in [0.15, 0.2) is 23.8 Å². The molecule has 3 rings (SSSR count). The van der Waals surface area contributed by atoms with Gasteiger partial charge in [0.05, 0.1) is 29.0 Å². The van der Waals surface area contributed by atoms with Crippen molar-refractivity contribution in [1.82, 2.24) is 14.9 Å². The molecule has 1 saturated heterocycles. The van der Waals surface area contributed by atoms with E-state index in [2.05, 4.69) is 15.3 Å². The van der Waals surface area contributed by atoms with E-state index in [4.69, 9.17) is 0 Å². The molecule has 3 heterocycles. The van der Waals surface area contributed by atoms with Gasteiger partial charge >= 0.3 is 0 Å². The van der Waals surface area contributed by atoms with Crippen LogP contribution in [-0.2, 0) is 0 Å². The first-order valence-electron chi connectivity index (χ1n) is 7.05. The van der Waals surface area contributed by atoms with Gasteiger partial charge < -0.3 is 10.2 Å². The Morgan fingerprint density at radius 2 is 2.33 bits per heavy atom. The zero-order chi connectivity index (χ0) is 14.8. The molecule has 2 aromatic heterocycles. The molecule has 6 heteroatoms. The summed E-state index contributed by atoms with van der Waals surface area (Å²) >= 11 is 1.51. The minimum atomic E-state index is 0.0284. The number of likely N-dealkylation sites (tertiary alicyclic amines) is 1. The Balaban J connectivity index is 1.86. The van der Waals surface area contributed by atoms with Gasteiger partial charge in [0, 0.05) is 13.6 Å². The fourth-order valence-electron chi connectivity index (χ4n) is 2.66. The van der Waals surface area contributed by atoms with Crippen LogP contribution in [0.25, 0.3) is 0 Å². The Bertz CT molecular complexity index is 655. The lowest BCUT2D eigenvalue weighted by atomic mass is 10.1. The second-order valence-electron chi connectivity index (χ2n) is 5.22. The van der Waals surface area contributed by atoms with Gasteiger partial charge in [0.15, 0.2) is 0 Å². The first kappa shape index (κ1) is 14.0. The van der Waals surface area contributed by atoms with Crippen LogP contribution < -0.4 is 5.32 Å². The minimum Gasteiger partial charge on any atom is -0.372 e. The summed E-state index contributed by atoms with van der Waals surface area (Å²) in [5.74, 6) is 0.839. The highest BCUT2D eigenvalue weighted by atomic mass is 32.1. The van der Waals surface area contributed by atoms with Crippen LogP contribution in [0, 0.1) is 6.92 Å². The molecule has 1 aliphatic heterocycles. The van der Waals surface area contributed by atoms with E-state index in [9.17, 15) is 4.79 Å². The topological polar surface area (TPSA) is 58.1 Å². The number of amides is 1. The average Bonchev–Trinajstić information content (AvgIpc) is 3.15. The number of rotatable bonds is 3. The number of carbonyl (C=O) groups excluding carboxylic acids is 1. The number of carbonyl (C=O) groups is 1. The van der Waals surface area contributed by atoms with Gasteiger partial charge in [-0.15, -0.1) is 11.3 Å². The summed E-state index contributed by atoms with van der Waals surface area (Å²) in [5.41, 5.74) is 2.00. The number of thiophene rings is 1. The number of hydrogen-bond acceptors (Lipinski definition) is 5. The van der Waals surface area contributed by atoms with Gasteiger partial charge in [-0.05, 0) is 36.8 Å². The van der Waals surface area contributed by atoms with Gasteiger partial charge in [0.1, 0.15) is 5.82 Å². The van der Waals surface area contributed by atoms with Crippen LogP contribution >= 0.6 is 11.3 Å². The van der Waals surface area contributed by atoms with Crippen LogP contribution in [0.3, 0.4) is 0 Å². The van der Waals surface area contributed by atoms with Gasteiger partial charge in [0.2, 0.25) is 0 Å². The van der Waals surface area contributed by atoms with Crippen LogP contribution in [0.1, 0.15) is 39.8 Å². The number of aromatic nitrogens is 2. The third kappa shape index (κ3) is 2.76. The van der Waals surface area contributed by atoms with Crippen LogP contribution in [0.4, 0.5) is 5.82 Å². The van der Waals surface area contributed by atoms with E-state index in [1.165, 1.54) is 11.3 Å². The molecule has 0 unspecified atom stereocenters.